The highest BCUT2D eigenvalue weighted by atomic mass is 15.2. The van der Waals surface area contributed by atoms with E-state index in [-0.39, 0.29) is 0 Å². The number of imidazole rings is 1. The Balaban J connectivity index is 1.37. The van der Waals surface area contributed by atoms with E-state index in [9.17, 15) is 0 Å². The highest BCUT2D eigenvalue weighted by molar-refractivity contribution is 6.00. The molecule has 0 aromatic carbocycles. The topological polar surface area (TPSA) is 62.6 Å². The first kappa shape index (κ1) is 14.6. The van der Waals surface area contributed by atoms with Gasteiger partial charge in [-0.25, -0.2) is 9.97 Å². The predicted octanol–water partition coefficient (Wildman–Crippen LogP) is 3.14. The summed E-state index contributed by atoms with van der Waals surface area (Å²) in [6.07, 6.45) is 11.9. The summed E-state index contributed by atoms with van der Waals surface area (Å²) >= 11 is 0. The molecule has 0 amide bonds. The lowest BCUT2D eigenvalue weighted by atomic mass is 10.0. The molecule has 25 heavy (non-hydrogen) atoms. The summed E-state index contributed by atoms with van der Waals surface area (Å²) < 4.78 is 2.36. The van der Waals surface area contributed by atoms with Crippen LogP contribution in [0.1, 0.15) is 24.4 Å². The number of aromatic amines is 1. The van der Waals surface area contributed by atoms with Gasteiger partial charge in [-0.15, -0.1) is 0 Å². The second-order valence-electron chi connectivity index (χ2n) is 6.75. The van der Waals surface area contributed by atoms with Gasteiger partial charge in [0.1, 0.15) is 11.2 Å². The maximum absolute atomic E-state index is 4.58. The lowest BCUT2D eigenvalue weighted by molar-refractivity contribution is 0.181. The van der Waals surface area contributed by atoms with Gasteiger partial charge in [0.25, 0.3) is 0 Å². The van der Waals surface area contributed by atoms with Crippen LogP contribution in [-0.2, 0) is 6.54 Å². The first-order chi connectivity index (χ1) is 12.4. The van der Waals surface area contributed by atoms with Crippen molar-refractivity contribution >= 4 is 22.1 Å². The molecule has 0 atom stereocenters. The highest BCUT2D eigenvalue weighted by Crippen LogP contribution is 2.30. The van der Waals surface area contributed by atoms with Crippen LogP contribution in [0, 0.1) is 0 Å². The van der Waals surface area contributed by atoms with Gasteiger partial charge in [-0.2, -0.15) is 0 Å². The minimum absolute atomic E-state index is 0.496. The predicted molar refractivity (Wildman–Crippen MR) is 97.2 cm³/mol. The molecule has 0 bridgehead atoms. The molecule has 1 aliphatic rings. The SMILES string of the molecule is c1cncc(CN2CCC(n3cnc4cnc5[nH]ccc5c43)CC2)c1. The summed E-state index contributed by atoms with van der Waals surface area (Å²) in [6, 6.07) is 6.75. The van der Waals surface area contributed by atoms with Crippen molar-refractivity contribution in [1.29, 1.82) is 0 Å². The number of hydrogen-bond donors (Lipinski definition) is 1. The Hall–Kier alpha value is -2.73. The number of nitrogens with one attached hydrogen (secondary N) is 1. The Bertz CT molecular complexity index is 995. The van der Waals surface area contributed by atoms with Crippen molar-refractivity contribution < 1.29 is 0 Å². The fourth-order valence-electron chi connectivity index (χ4n) is 3.91. The molecule has 1 N–H and O–H groups in total. The largest absolute Gasteiger partial charge is 0.346 e. The molecule has 5 rings (SSSR count). The van der Waals surface area contributed by atoms with Crippen LogP contribution in [0.4, 0.5) is 0 Å². The third-order valence-corrected chi connectivity index (χ3v) is 5.20. The van der Waals surface area contributed by atoms with Crippen LogP contribution < -0.4 is 0 Å². The lowest BCUT2D eigenvalue weighted by Gasteiger charge is -2.32. The van der Waals surface area contributed by atoms with Gasteiger partial charge >= 0.3 is 0 Å². The molecule has 1 aliphatic heterocycles. The summed E-state index contributed by atoms with van der Waals surface area (Å²) in [5, 5.41) is 1.16. The quantitative estimate of drug-likeness (QED) is 0.626. The van der Waals surface area contributed by atoms with E-state index in [2.05, 4.69) is 41.5 Å². The van der Waals surface area contributed by atoms with Crippen molar-refractivity contribution in [2.45, 2.75) is 25.4 Å². The van der Waals surface area contributed by atoms with E-state index in [1.807, 2.05) is 37.2 Å². The van der Waals surface area contributed by atoms with Crippen LogP contribution in [0.5, 0.6) is 0 Å². The monoisotopic (exact) mass is 332 g/mol. The third kappa shape index (κ3) is 2.59. The van der Waals surface area contributed by atoms with Gasteiger partial charge in [0.15, 0.2) is 0 Å². The summed E-state index contributed by atoms with van der Waals surface area (Å²) in [6.45, 7) is 3.18. The molecule has 126 valence electrons. The van der Waals surface area contributed by atoms with Crippen molar-refractivity contribution in [3.8, 4) is 0 Å². The zero-order valence-corrected chi connectivity index (χ0v) is 14.0. The van der Waals surface area contributed by atoms with Gasteiger partial charge in [-0.3, -0.25) is 9.88 Å². The fourth-order valence-corrected chi connectivity index (χ4v) is 3.91. The number of aromatic nitrogens is 5. The van der Waals surface area contributed by atoms with Gasteiger partial charge in [0.05, 0.1) is 18.0 Å². The Morgan fingerprint density at radius 3 is 2.88 bits per heavy atom. The highest BCUT2D eigenvalue weighted by Gasteiger charge is 2.23. The second kappa shape index (κ2) is 5.97. The van der Waals surface area contributed by atoms with E-state index in [4.69, 9.17) is 0 Å². The molecule has 4 aromatic rings. The summed E-state index contributed by atoms with van der Waals surface area (Å²) in [4.78, 5) is 18.9. The van der Waals surface area contributed by atoms with Crippen LogP contribution in [-0.4, -0.2) is 42.5 Å². The number of pyridine rings is 2. The molecule has 5 heterocycles. The smallest absolute Gasteiger partial charge is 0.139 e. The number of piperidine rings is 1. The van der Waals surface area contributed by atoms with Crippen LogP contribution in [0.25, 0.3) is 22.1 Å². The number of fused-ring (bicyclic) bond motifs is 3. The standard InChI is InChI=1S/C19H20N6/c1-2-14(10-20-6-1)12-24-8-4-15(5-9-24)25-13-23-17-11-22-19-16(18(17)25)3-7-21-19/h1-3,6-7,10-11,13,15H,4-5,8-9,12H2,(H,21,22). The molecule has 4 aromatic heterocycles. The van der Waals surface area contributed by atoms with Gasteiger partial charge in [-0.1, -0.05) is 6.07 Å². The Morgan fingerprint density at radius 1 is 1.12 bits per heavy atom. The first-order valence-electron chi connectivity index (χ1n) is 8.78. The number of H-pyrrole nitrogens is 1. The van der Waals surface area contributed by atoms with Crippen molar-refractivity contribution in [3.63, 3.8) is 0 Å². The lowest BCUT2D eigenvalue weighted by Crippen LogP contribution is -2.34. The maximum Gasteiger partial charge on any atom is 0.139 e. The van der Waals surface area contributed by atoms with Gasteiger partial charge in [0, 0.05) is 49.7 Å². The molecule has 1 saturated heterocycles. The number of nitrogens with zero attached hydrogens (tertiary/aromatic N) is 5. The van der Waals surface area contributed by atoms with Crippen molar-refractivity contribution in [1.82, 2.24) is 29.4 Å². The van der Waals surface area contributed by atoms with Crippen LogP contribution in [0.15, 0.2) is 49.3 Å². The molecule has 6 nitrogen and oxygen atoms in total. The zero-order chi connectivity index (χ0) is 16.6. The molecule has 1 fully saturated rings. The molecular weight excluding hydrogens is 312 g/mol. The van der Waals surface area contributed by atoms with E-state index in [1.165, 1.54) is 11.1 Å². The van der Waals surface area contributed by atoms with E-state index < -0.39 is 0 Å². The fraction of sp³-hybridized carbons (Fsp3) is 0.316. The van der Waals surface area contributed by atoms with E-state index in [0.717, 1.165) is 49.0 Å². The average molecular weight is 332 g/mol. The van der Waals surface area contributed by atoms with Crippen molar-refractivity contribution in [3.05, 3.63) is 54.9 Å². The summed E-state index contributed by atoms with van der Waals surface area (Å²) in [5.74, 6) is 0. The molecule has 0 aliphatic carbocycles. The maximum atomic E-state index is 4.58. The van der Waals surface area contributed by atoms with Crippen LogP contribution >= 0.6 is 0 Å². The normalized spacial score (nSPS) is 16.8. The Kier molecular flexibility index (Phi) is 3.48. The molecule has 0 radical (unpaired) electrons. The summed E-state index contributed by atoms with van der Waals surface area (Å²) in [7, 11) is 0. The molecule has 0 spiro atoms. The van der Waals surface area contributed by atoms with Gasteiger partial charge in [-0.05, 0) is 30.5 Å². The molecular formula is C19H20N6. The van der Waals surface area contributed by atoms with E-state index in [1.54, 1.807) is 0 Å². The van der Waals surface area contributed by atoms with Crippen molar-refractivity contribution in [2.75, 3.05) is 13.1 Å². The average Bonchev–Trinajstić information content (AvgIpc) is 3.29. The molecule has 0 unspecified atom stereocenters. The Morgan fingerprint density at radius 2 is 2.04 bits per heavy atom. The Labute approximate surface area is 145 Å². The minimum Gasteiger partial charge on any atom is -0.346 e. The van der Waals surface area contributed by atoms with Gasteiger partial charge in [0.2, 0.25) is 0 Å². The van der Waals surface area contributed by atoms with E-state index >= 15 is 0 Å². The van der Waals surface area contributed by atoms with Gasteiger partial charge < -0.3 is 9.55 Å². The first-order valence-corrected chi connectivity index (χ1v) is 8.78. The third-order valence-electron chi connectivity index (χ3n) is 5.20. The number of rotatable bonds is 3. The van der Waals surface area contributed by atoms with Crippen molar-refractivity contribution in [2.24, 2.45) is 0 Å². The van der Waals surface area contributed by atoms with E-state index in [0.29, 0.717) is 6.04 Å². The number of likely N-dealkylation sites (tertiary alicyclic amines) is 1. The van der Waals surface area contributed by atoms with Crippen LogP contribution in [0.2, 0.25) is 0 Å². The molecule has 6 heteroatoms. The minimum atomic E-state index is 0.496. The zero-order valence-electron chi connectivity index (χ0n) is 14.0. The number of hydrogen-bond acceptors (Lipinski definition) is 4. The van der Waals surface area contributed by atoms with Crippen LogP contribution in [0.3, 0.4) is 0 Å². The second-order valence-corrected chi connectivity index (χ2v) is 6.75. The molecule has 0 saturated carbocycles. The summed E-state index contributed by atoms with van der Waals surface area (Å²) in [5.41, 5.74) is 4.40.